The van der Waals surface area contributed by atoms with Crippen LogP contribution in [0.2, 0.25) is 0 Å². The van der Waals surface area contributed by atoms with Gasteiger partial charge in [0.15, 0.2) is 0 Å². The van der Waals surface area contributed by atoms with Gasteiger partial charge < -0.3 is 9.26 Å². The average molecular weight is 293 g/mol. The highest BCUT2D eigenvalue weighted by atomic mass is 16.5. The summed E-state index contributed by atoms with van der Waals surface area (Å²) in [5, 5.41) is 0. The molecule has 0 saturated heterocycles. The molecule has 1 atom stereocenters. The van der Waals surface area contributed by atoms with E-state index in [9.17, 15) is 4.79 Å². The molecule has 22 heavy (non-hydrogen) atoms. The summed E-state index contributed by atoms with van der Waals surface area (Å²) in [4.78, 5) is 12.4. The molecule has 0 saturated carbocycles. The van der Waals surface area contributed by atoms with Gasteiger partial charge in [0, 0.05) is 18.5 Å². The van der Waals surface area contributed by atoms with Crippen molar-refractivity contribution in [3.05, 3.63) is 87.4 Å². The van der Waals surface area contributed by atoms with E-state index >= 15 is 0 Å². The number of ether oxygens (including phenoxy) is 1. The average Bonchev–Trinajstić information content (AvgIpc) is 2.73. The Balaban J connectivity index is 2.05. The summed E-state index contributed by atoms with van der Waals surface area (Å²) in [6.45, 7) is 0.331. The molecule has 0 radical (unpaired) electrons. The normalized spacial score (nSPS) is 16.3. The molecule has 1 aliphatic heterocycles. The molecule has 1 unspecified atom stereocenters. The largest absolute Gasteiger partial charge is 0.487 e. The molecule has 4 nitrogen and oxygen atoms in total. The monoisotopic (exact) mass is 293 g/mol. The molecule has 3 aromatic rings. The predicted octanol–water partition coefficient (Wildman–Crippen LogP) is 3.05. The van der Waals surface area contributed by atoms with Gasteiger partial charge in [0.25, 0.3) is 0 Å². The van der Waals surface area contributed by atoms with Crippen molar-refractivity contribution in [2.24, 2.45) is 7.05 Å². The molecular formula is C18H15NO3. The van der Waals surface area contributed by atoms with Gasteiger partial charge in [-0.1, -0.05) is 48.5 Å². The van der Waals surface area contributed by atoms with Crippen LogP contribution in [0, 0.1) is 0 Å². The van der Waals surface area contributed by atoms with Gasteiger partial charge in [-0.3, -0.25) is 0 Å². The van der Waals surface area contributed by atoms with Crippen molar-refractivity contribution < 1.29 is 9.26 Å². The van der Waals surface area contributed by atoms with Crippen LogP contribution < -0.4 is 10.4 Å². The van der Waals surface area contributed by atoms with Gasteiger partial charge in [-0.15, -0.1) is 0 Å². The second kappa shape index (κ2) is 4.91. The van der Waals surface area contributed by atoms with Crippen LogP contribution in [0.5, 0.6) is 5.75 Å². The molecule has 0 amide bonds. The number of hydrogen-bond donors (Lipinski definition) is 0. The first-order chi connectivity index (χ1) is 10.8. The molecule has 0 N–H and O–H groups in total. The second-order valence-corrected chi connectivity index (χ2v) is 5.41. The molecule has 2 aromatic carbocycles. The first kappa shape index (κ1) is 13.0. The molecule has 4 heteroatoms. The summed E-state index contributed by atoms with van der Waals surface area (Å²) in [5.74, 6) is 0.638. The molecule has 1 aliphatic rings. The van der Waals surface area contributed by atoms with Gasteiger partial charge in [-0.25, -0.2) is 9.53 Å². The quantitative estimate of drug-likeness (QED) is 0.692. The second-order valence-electron chi connectivity index (χ2n) is 5.41. The van der Waals surface area contributed by atoms with Crippen molar-refractivity contribution in [1.82, 2.24) is 4.74 Å². The van der Waals surface area contributed by atoms with Crippen LogP contribution in [0.1, 0.15) is 28.3 Å². The molecule has 0 aliphatic carbocycles. The molecule has 0 spiro atoms. The standard InChI is InChI=1S/C18H15NO3/c1-19-14-11-21-15-10-6-5-9-13(15)16(17(14)18(20)22-19)12-7-3-2-4-8-12/h2-10,16H,11H2,1H3. The third-order valence-electron chi connectivity index (χ3n) is 4.15. The lowest BCUT2D eigenvalue weighted by Gasteiger charge is -2.16. The minimum Gasteiger partial charge on any atom is -0.487 e. The fourth-order valence-electron chi connectivity index (χ4n) is 3.11. The maximum absolute atomic E-state index is 12.4. The van der Waals surface area contributed by atoms with Crippen molar-refractivity contribution in [3.63, 3.8) is 0 Å². The summed E-state index contributed by atoms with van der Waals surface area (Å²) in [6, 6.07) is 17.9. The highest BCUT2D eigenvalue weighted by Crippen LogP contribution is 2.39. The fraction of sp³-hybridized carbons (Fsp3) is 0.167. The lowest BCUT2D eigenvalue weighted by Crippen LogP contribution is -2.12. The Kier molecular flexibility index (Phi) is 2.89. The van der Waals surface area contributed by atoms with Crippen molar-refractivity contribution in [2.45, 2.75) is 12.5 Å². The number of hydrogen-bond acceptors (Lipinski definition) is 3. The van der Waals surface area contributed by atoms with E-state index < -0.39 is 0 Å². The highest BCUT2D eigenvalue weighted by molar-refractivity contribution is 5.50. The van der Waals surface area contributed by atoms with Crippen LogP contribution in [0.4, 0.5) is 0 Å². The third-order valence-corrected chi connectivity index (χ3v) is 4.15. The zero-order valence-electron chi connectivity index (χ0n) is 12.2. The molecule has 0 fully saturated rings. The van der Waals surface area contributed by atoms with Crippen LogP contribution in [0.3, 0.4) is 0 Å². The molecular weight excluding hydrogens is 278 g/mol. The van der Waals surface area contributed by atoms with Crippen molar-refractivity contribution in [1.29, 1.82) is 0 Å². The number of nitrogens with zero attached hydrogens (tertiary/aromatic N) is 1. The smallest absolute Gasteiger partial charge is 0.362 e. The summed E-state index contributed by atoms with van der Waals surface area (Å²) < 4.78 is 12.7. The van der Waals surface area contributed by atoms with E-state index in [0.29, 0.717) is 12.2 Å². The highest BCUT2D eigenvalue weighted by Gasteiger charge is 2.32. The SMILES string of the molecule is Cn1oc(=O)c2c1COc1ccccc1C2c1ccccc1. The zero-order valence-corrected chi connectivity index (χ0v) is 12.2. The number of aromatic nitrogens is 1. The Morgan fingerprint density at radius 2 is 1.77 bits per heavy atom. The lowest BCUT2D eigenvalue weighted by molar-refractivity contribution is 0.239. The van der Waals surface area contributed by atoms with E-state index in [0.717, 1.165) is 22.6 Å². The van der Waals surface area contributed by atoms with Gasteiger partial charge in [0.05, 0.1) is 5.56 Å². The summed E-state index contributed by atoms with van der Waals surface area (Å²) in [5.41, 5.74) is 3.20. The summed E-state index contributed by atoms with van der Waals surface area (Å²) in [6.07, 6.45) is 0. The number of benzene rings is 2. The Labute approximate surface area is 127 Å². The number of para-hydroxylation sites is 1. The third kappa shape index (κ3) is 1.88. The molecule has 2 heterocycles. The maximum atomic E-state index is 12.4. The number of aryl methyl sites for hydroxylation is 1. The Morgan fingerprint density at radius 1 is 1.05 bits per heavy atom. The van der Waals surface area contributed by atoms with E-state index in [2.05, 4.69) is 0 Å². The van der Waals surface area contributed by atoms with Gasteiger partial charge >= 0.3 is 5.63 Å². The predicted molar refractivity (Wildman–Crippen MR) is 82.1 cm³/mol. The maximum Gasteiger partial charge on any atom is 0.362 e. The van der Waals surface area contributed by atoms with Gasteiger partial charge in [0.1, 0.15) is 18.1 Å². The van der Waals surface area contributed by atoms with E-state index in [1.807, 2.05) is 54.6 Å². The van der Waals surface area contributed by atoms with Crippen LogP contribution in [-0.4, -0.2) is 4.74 Å². The van der Waals surface area contributed by atoms with E-state index in [1.165, 1.54) is 4.74 Å². The Bertz CT molecular complexity index is 877. The lowest BCUT2D eigenvalue weighted by atomic mass is 9.85. The molecule has 110 valence electrons. The number of fused-ring (bicyclic) bond motifs is 2. The Hall–Kier alpha value is -2.75. The van der Waals surface area contributed by atoms with Crippen molar-refractivity contribution in [2.75, 3.05) is 0 Å². The summed E-state index contributed by atoms with van der Waals surface area (Å²) >= 11 is 0. The van der Waals surface area contributed by atoms with Gasteiger partial charge in [0.2, 0.25) is 0 Å². The van der Waals surface area contributed by atoms with Crippen molar-refractivity contribution >= 4 is 0 Å². The first-order valence-corrected chi connectivity index (χ1v) is 7.21. The zero-order chi connectivity index (χ0) is 15.1. The van der Waals surface area contributed by atoms with Gasteiger partial charge in [-0.05, 0) is 11.6 Å². The minimum absolute atomic E-state index is 0.174. The number of rotatable bonds is 1. The van der Waals surface area contributed by atoms with Crippen LogP contribution >= 0.6 is 0 Å². The minimum atomic E-state index is -0.299. The van der Waals surface area contributed by atoms with Crippen molar-refractivity contribution in [3.8, 4) is 5.75 Å². The topological polar surface area (TPSA) is 44.4 Å². The molecule has 0 bridgehead atoms. The van der Waals surface area contributed by atoms with Gasteiger partial charge in [-0.2, -0.15) is 0 Å². The molecule has 1 aromatic heterocycles. The van der Waals surface area contributed by atoms with E-state index in [-0.39, 0.29) is 11.5 Å². The van der Waals surface area contributed by atoms with Crippen LogP contribution in [-0.2, 0) is 13.7 Å². The van der Waals surface area contributed by atoms with Crippen LogP contribution in [0.25, 0.3) is 0 Å². The summed E-state index contributed by atoms with van der Waals surface area (Å²) in [7, 11) is 1.74. The van der Waals surface area contributed by atoms with E-state index in [4.69, 9.17) is 9.26 Å². The van der Waals surface area contributed by atoms with Crippen LogP contribution in [0.15, 0.2) is 63.9 Å². The first-order valence-electron chi connectivity index (χ1n) is 7.21. The Morgan fingerprint density at radius 3 is 2.59 bits per heavy atom. The fourth-order valence-corrected chi connectivity index (χ4v) is 3.11. The van der Waals surface area contributed by atoms with E-state index in [1.54, 1.807) is 7.05 Å². The molecule has 4 rings (SSSR count).